The largest absolute Gasteiger partial charge is 0.496 e. The van der Waals surface area contributed by atoms with Crippen LogP contribution in [0.3, 0.4) is 0 Å². The van der Waals surface area contributed by atoms with Crippen LogP contribution >= 0.6 is 22.6 Å². The van der Waals surface area contributed by atoms with Gasteiger partial charge in [-0.2, -0.15) is 0 Å². The van der Waals surface area contributed by atoms with Crippen LogP contribution in [0.25, 0.3) is 0 Å². The lowest BCUT2D eigenvalue weighted by molar-refractivity contribution is -0.120. The summed E-state index contributed by atoms with van der Waals surface area (Å²) in [6.45, 7) is 0.747. The Kier molecular flexibility index (Phi) is 6.22. The second kappa shape index (κ2) is 7.49. The third-order valence-electron chi connectivity index (χ3n) is 2.18. The number of alkyl halides is 1. The third kappa shape index (κ3) is 4.38. The standard InChI is InChI=1S/C12H16INO2/c1-16-11-6-3-2-5-10(11)9-12(15)14-8-4-7-13/h2-3,5-6H,4,7-9H2,1H3,(H,14,15). The highest BCUT2D eigenvalue weighted by Crippen LogP contribution is 2.17. The van der Waals surface area contributed by atoms with Crippen molar-refractivity contribution in [3.8, 4) is 5.75 Å². The monoisotopic (exact) mass is 333 g/mol. The summed E-state index contributed by atoms with van der Waals surface area (Å²) in [5.41, 5.74) is 0.928. The molecule has 0 radical (unpaired) electrons. The van der Waals surface area contributed by atoms with Gasteiger partial charge in [-0.05, 0) is 12.5 Å². The Morgan fingerprint density at radius 1 is 1.44 bits per heavy atom. The first kappa shape index (κ1) is 13.3. The molecular weight excluding hydrogens is 317 g/mol. The number of para-hydroxylation sites is 1. The average Bonchev–Trinajstić information content (AvgIpc) is 2.30. The molecule has 0 aliphatic heterocycles. The number of rotatable bonds is 6. The van der Waals surface area contributed by atoms with E-state index in [1.807, 2.05) is 24.3 Å². The molecule has 0 unspecified atom stereocenters. The van der Waals surface area contributed by atoms with Gasteiger partial charge in [-0.3, -0.25) is 4.79 Å². The first-order valence-corrected chi connectivity index (χ1v) is 6.75. The molecule has 0 saturated heterocycles. The van der Waals surface area contributed by atoms with E-state index >= 15 is 0 Å². The van der Waals surface area contributed by atoms with Crippen molar-refractivity contribution in [2.75, 3.05) is 18.1 Å². The molecule has 1 N–H and O–H groups in total. The minimum absolute atomic E-state index is 0.0503. The predicted molar refractivity (Wildman–Crippen MR) is 73.2 cm³/mol. The first-order chi connectivity index (χ1) is 7.77. The molecule has 0 aliphatic rings. The Morgan fingerprint density at radius 2 is 2.19 bits per heavy atom. The molecule has 1 amide bonds. The number of halogens is 1. The normalized spacial score (nSPS) is 9.88. The molecule has 3 nitrogen and oxygen atoms in total. The van der Waals surface area contributed by atoms with Crippen LogP contribution in [0.1, 0.15) is 12.0 Å². The van der Waals surface area contributed by atoms with E-state index in [1.165, 1.54) is 0 Å². The second-order valence-electron chi connectivity index (χ2n) is 3.38. The molecule has 1 aromatic carbocycles. The minimum Gasteiger partial charge on any atom is -0.496 e. The molecule has 0 spiro atoms. The van der Waals surface area contributed by atoms with E-state index in [1.54, 1.807) is 7.11 Å². The van der Waals surface area contributed by atoms with Gasteiger partial charge in [0.1, 0.15) is 5.75 Å². The average molecular weight is 333 g/mol. The van der Waals surface area contributed by atoms with Crippen LogP contribution in [0.15, 0.2) is 24.3 Å². The van der Waals surface area contributed by atoms with Gasteiger partial charge in [0.15, 0.2) is 0 Å². The molecule has 0 fully saturated rings. The van der Waals surface area contributed by atoms with Gasteiger partial charge in [0.25, 0.3) is 0 Å². The van der Waals surface area contributed by atoms with Gasteiger partial charge in [-0.1, -0.05) is 40.8 Å². The molecule has 1 aromatic rings. The van der Waals surface area contributed by atoms with E-state index in [2.05, 4.69) is 27.9 Å². The first-order valence-electron chi connectivity index (χ1n) is 5.22. The highest BCUT2D eigenvalue weighted by Gasteiger charge is 2.06. The lowest BCUT2D eigenvalue weighted by Gasteiger charge is -2.08. The maximum Gasteiger partial charge on any atom is 0.224 e. The van der Waals surface area contributed by atoms with Crippen molar-refractivity contribution in [3.05, 3.63) is 29.8 Å². The number of benzene rings is 1. The molecule has 0 aromatic heterocycles. The van der Waals surface area contributed by atoms with Gasteiger partial charge in [0.2, 0.25) is 5.91 Å². The Labute approximate surface area is 110 Å². The van der Waals surface area contributed by atoms with E-state index in [0.29, 0.717) is 6.42 Å². The van der Waals surface area contributed by atoms with Gasteiger partial charge in [-0.15, -0.1) is 0 Å². The van der Waals surface area contributed by atoms with Gasteiger partial charge in [0, 0.05) is 16.5 Å². The lowest BCUT2D eigenvalue weighted by atomic mass is 10.1. The highest BCUT2D eigenvalue weighted by atomic mass is 127. The van der Waals surface area contributed by atoms with Crippen LogP contribution in [-0.4, -0.2) is 24.0 Å². The van der Waals surface area contributed by atoms with Crippen LogP contribution in [0, 0.1) is 0 Å². The fraction of sp³-hybridized carbons (Fsp3) is 0.417. The van der Waals surface area contributed by atoms with Crippen molar-refractivity contribution < 1.29 is 9.53 Å². The fourth-order valence-electron chi connectivity index (χ4n) is 1.38. The number of carbonyl (C=O) groups excluding carboxylic acids is 1. The Balaban J connectivity index is 2.49. The smallest absolute Gasteiger partial charge is 0.224 e. The quantitative estimate of drug-likeness (QED) is 0.492. The van der Waals surface area contributed by atoms with Crippen molar-refractivity contribution >= 4 is 28.5 Å². The van der Waals surface area contributed by atoms with Crippen molar-refractivity contribution in [3.63, 3.8) is 0 Å². The summed E-state index contributed by atoms with van der Waals surface area (Å²) in [4.78, 5) is 11.6. The zero-order valence-corrected chi connectivity index (χ0v) is 11.5. The Hall–Kier alpha value is -0.780. The molecule has 4 heteroatoms. The molecule has 0 atom stereocenters. The number of hydrogen-bond donors (Lipinski definition) is 1. The summed E-state index contributed by atoms with van der Waals surface area (Å²) in [5.74, 6) is 0.820. The fourth-order valence-corrected chi connectivity index (χ4v) is 1.76. The zero-order chi connectivity index (χ0) is 11.8. The molecule has 0 heterocycles. The van der Waals surface area contributed by atoms with Crippen LogP contribution in [0.4, 0.5) is 0 Å². The number of ether oxygens (including phenoxy) is 1. The van der Waals surface area contributed by atoms with Crippen molar-refractivity contribution in [1.29, 1.82) is 0 Å². The van der Waals surface area contributed by atoms with Crippen molar-refractivity contribution in [1.82, 2.24) is 5.32 Å². The SMILES string of the molecule is COc1ccccc1CC(=O)NCCCI. The number of amides is 1. The van der Waals surface area contributed by atoms with E-state index in [0.717, 1.165) is 28.7 Å². The lowest BCUT2D eigenvalue weighted by Crippen LogP contribution is -2.26. The Bertz CT molecular complexity index is 342. The van der Waals surface area contributed by atoms with E-state index in [-0.39, 0.29) is 5.91 Å². The molecule has 1 rings (SSSR count). The van der Waals surface area contributed by atoms with Gasteiger partial charge in [0.05, 0.1) is 13.5 Å². The van der Waals surface area contributed by atoms with Crippen LogP contribution in [-0.2, 0) is 11.2 Å². The summed E-state index contributed by atoms with van der Waals surface area (Å²) < 4.78 is 6.25. The summed E-state index contributed by atoms with van der Waals surface area (Å²) in [5, 5.41) is 2.88. The summed E-state index contributed by atoms with van der Waals surface area (Å²) in [7, 11) is 1.62. The van der Waals surface area contributed by atoms with Crippen molar-refractivity contribution in [2.24, 2.45) is 0 Å². The molecular formula is C12H16INO2. The van der Waals surface area contributed by atoms with Crippen LogP contribution in [0.5, 0.6) is 5.75 Å². The topological polar surface area (TPSA) is 38.3 Å². The van der Waals surface area contributed by atoms with Crippen LogP contribution < -0.4 is 10.1 Å². The summed E-state index contributed by atoms with van der Waals surface area (Å²) in [6.07, 6.45) is 1.39. The molecule has 0 saturated carbocycles. The highest BCUT2D eigenvalue weighted by molar-refractivity contribution is 14.1. The van der Waals surface area contributed by atoms with Gasteiger partial charge >= 0.3 is 0 Å². The minimum atomic E-state index is 0.0503. The van der Waals surface area contributed by atoms with Crippen LogP contribution in [0.2, 0.25) is 0 Å². The number of methoxy groups -OCH3 is 1. The molecule has 0 bridgehead atoms. The number of hydrogen-bond acceptors (Lipinski definition) is 2. The maximum absolute atomic E-state index is 11.6. The second-order valence-corrected chi connectivity index (χ2v) is 4.46. The molecule has 16 heavy (non-hydrogen) atoms. The summed E-state index contributed by atoms with van der Waals surface area (Å²) >= 11 is 2.30. The van der Waals surface area contributed by atoms with Crippen molar-refractivity contribution in [2.45, 2.75) is 12.8 Å². The van der Waals surface area contributed by atoms with Gasteiger partial charge < -0.3 is 10.1 Å². The Morgan fingerprint density at radius 3 is 2.88 bits per heavy atom. The van der Waals surface area contributed by atoms with Gasteiger partial charge in [-0.25, -0.2) is 0 Å². The maximum atomic E-state index is 11.6. The predicted octanol–water partition coefficient (Wildman–Crippen LogP) is 2.18. The van der Waals surface area contributed by atoms with E-state index in [4.69, 9.17) is 4.74 Å². The molecule has 0 aliphatic carbocycles. The molecule has 88 valence electrons. The number of nitrogens with one attached hydrogen (secondary N) is 1. The third-order valence-corrected chi connectivity index (χ3v) is 2.94. The van der Waals surface area contributed by atoms with E-state index < -0.39 is 0 Å². The summed E-state index contributed by atoms with van der Waals surface area (Å²) in [6, 6.07) is 7.59. The zero-order valence-electron chi connectivity index (χ0n) is 9.33. The van der Waals surface area contributed by atoms with E-state index in [9.17, 15) is 4.79 Å². The number of carbonyl (C=O) groups is 1.